The van der Waals surface area contributed by atoms with E-state index in [2.05, 4.69) is 30.0 Å². The molecule has 2 aromatic rings. The van der Waals surface area contributed by atoms with Crippen LogP contribution in [0.4, 0.5) is 11.4 Å². The number of benzene rings is 2. The molecule has 16 nitrogen and oxygen atoms in total. The van der Waals surface area contributed by atoms with Gasteiger partial charge in [0.05, 0.1) is 21.0 Å². The van der Waals surface area contributed by atoms with Crippen LogP contribution in [-0.4, -0.2) is 48.7 Å². The molecular formula is C25H30CdN12O4. The first-order valence-corrected chi connectivity index (χ1v) is 11.7. The molecule has 216 valence electrons. The summed E-state index contributed by atoms with van der Waals surface area (Å²) in [5.41, 5.74) is 28.1. The molecule has 0 saturated carbocycles. The van der Waals surface area contributed by atoms with E-state index in [4.69, 9.17) is 22.5 Å². The number of rotatable bonds is 12. The molecule has 0 heterocycles. The molecule has 0 radical (unpaired) electrons. The maximum absolute atomic E-state index is 11.0. The fourth-order valence-electron chi connectivity index (χ4n) is 2.72. The van der Waals surface area contributed by atoms with Gasteiger partial charge in [-0.2, -0.15) is 0 Å². The number of nitrogens with zero attached hydrogens (tertiary/aromatic N) is 10. The van der Waals surface area contributed by atoms with Gasteiger partial charge < -0.3 is 11.5 Å². The first-order chi connectivity index (χ1) is 19.6. The van der Waals surface area contributed by atoms with E-state index < -0.39 is 9.85 Å². The Labute approximate surface area is 262 Å². The average Bonchev–Trinajstić information content (AvgIpc) is 2.94. The van der Waals surface area contributed by atoms with Gasteiger partial charge in [0.15, 0.2) is 0 Å². The molecule has 0 amide bonds. The molecule has 0 fully saturated rings. The minimum atomic E-state index is -0.414. The molecule has 42 heavy (non-hydrogen) atoms. The molecule has 2 N–H and O–H groups in total. The number of nitro benzene ring substituents is 2. The van der Waals surface area contributed by atoms with E-state index in [1.165, 1.54) is 12.1 Å². The van der Waals surface area contributed by atoms with Gasteiger partial charge in [0, 0.05) is 43.1 Å². The quantitative estimate of drug-likeness (QED) is 0.0412. The Kier molecular flexibility index (Phi) is 23.0. The third-order valence-electron chi connectivity index (χ3n) is 4.51. The predicted molar refractivity (Wildman–Crippen MR) is 161 cm³/mol. The van der Waals surface area contributed by atoms with Crippen LogP contribution in [-0.2, 0) is 27.3 Å². The molecule has 0 aliphatic heterocycles. The summed E-state index contributed by atoms with van der Waals surface area (Å²) in [4.78, 5) is 34.5. The molecule has 17 heteroatoms. The molecule has 0 aromatic heterocycles. The largest absolute Gasteiger partial charge is 2.00 e. The van der Waals surface area contributed by atoms with Gasteiger partial charge in [-0.3, -0.25) is 30.2 Å². The van der Waals surface area contributed by atoms with E-state index in [9.17, 15) is 20.2 Å². The van der Waals surface area contributed by atoms with Crippen molar-refractivity contribution in [3.63, 3.8) is 0 Å². The molecule has 0 aliphatic carbocycles. The normalized spacial score (nSPS) is 10.6. The standard InChI is InChI=1S/C23H24N4O4.2CH3N4.Cd/c1-23(2,17-24-15-7-11-19-9-3-5-13-21(19)26(28)29)18-25-16-8-12-20-10-4-6-14-22(20)27(30)31;2*2-1-4-5-3;/h3-16H,17-18H2,1-2H3;2*2H,1H2;/q;2*-1;+2/b11-7+,12-8+,24-15?,25-16?;;;. The number of para-hydroxylation sites is 2. The Balaban J connectivity index is 0. The molecule has 0 saturated heterocycles. The molecule has 2 rings (SSSR count). The van der Waals surface area contributed by atoms with Crippen molar-refractivity contribution in [2.24, 2.45) is 25.6 Å². The van der Waals surface area contributed by atoms with Gasteiger partial charge in [-0.25, -0.2) is 0 Å². The molecule has 0 atom stereocenters. The Bertz CT molecular complexity index is 1230. The predicted octanol–water partition coefficient (Wildman–Crippen LogP) is 8.01. The van der Waals surface area contributed by atoms with Crippen LogP contribution >= 0.6 is 0 Å². The average molecular weight is 675 g/mol. The summed E-state index contributed by atoms with van der Waals surface area (Å²) < 4.78 is 0. The molecule has 2 aromatic carbocycles. The molecule has 0 spiro atoms. The minimum absolute atomic E-state index is 0. The number of hydrogen-bond donors (Lipinski definition) is 0. The van der Waals surface area contributed by atoms with Gasteiger partial charge in [0.1, 0.15) is 0 Å². The van der Waals surface area contributed by atoms with E-state index in [0.717, 1.165) is 0 Å². The van der Waals surface area contributed by atoms with Crippen LogP contribution in [0.5, 0.6) is 0 Å². The van der Waals surface area contributed by atoms with Crippen molar-refractivity contribution in [2.75, 3.05) is 26.4 Å². The second-order valence-electron chi connectivity index (χ2n) is 8.27. The number of nitrogens with one attached hydrogen (secondary N) is 2. The topological polar surface area (TPSA) is 256 Å². The summed E-state index contributed by atoms with van der Waals surface area (Å²) in [6.45, 7) is 4.71. The van der Waals surface area contributed by atoms with Gasteiger partial charge in [-0.15, -0.1) is 10.2 Å². The van der Waals surface area contributed by atoms with E-state index in [0.29, 0.717) is 24.2 Å². The Hall–Kier alpha value is -4.48. The first kappa shape index (κ1) is 39.7. The van der Waals surface area contributed by atoms with Crippen molar-refractivity contribution >= 4 is 36.0 Å². The van der Waals surface area contributed by atoms with Gasteiger partial charge in [0.25, 0.3) is 11.4 Å². The van der Waals surface area contributed by atoms with Crippen molar-refractivity contribution in [2.45, 2.75) is 13.8 Å². The number of nitro groups is 2. The molecular weight excluding hydrogens is 645 g/mol. The van der Waals surface area contributed by atoms with E-state index >= 15 is 0 Å². The second kappa shape index (κ2) is 24.3. The SMILES string of the molecule is CC(C)(CN=C/C=C/c1ccccc1[N+](=O)[O-])CN=C/C=C/c1ccccc1[N+](=O)[O-].[Cd+2].[N-]=[N+]=NC[NH-].[N-]=[N+]=NC[NH-]. The third kappa shape index (κ3) is 18.7. The zero-order valence-electron chi connectivity index (χ0n) is 23.2. The van der Waals surface area contributed by atoms with Gasteiger partial charge in [0.2, 0.25) is 0 Å². The van der Waals surface area contributed by atoms with E-state index in [-0.39, 0.29) is 57.4 Å². The monoisotopic (exact) mass is 676 g/mol. The maximum Gasteiger partial charge on any atom is 2.00 e. The number of hydrogen-bond acceptors (Lipinski definition) is 8. The summed E-state index contributed by atoms with van der Waals surface area (Å²) in [5.74, 6) is 0. The zero-order valence-corrected chi connectivity index (χ0v) is 27.3. The molecule has 0 unspecified atom stereocenters. The van der Waals surface area contributed by atoms with Crippen molar-refractivity contribution in [1.29, 1.82) is 0 Å². The summed E-state index contributed by atoms with van der Waals surface area (Å²) in [6, 6.07) is 13.0. The van der Waals surface area contributed by atoms with Crippen molar-refractivity contribution in [1.82, 2.24) is 0 Å². The van der Waals surface area contributed by atoms with Crippen molar-refractivity contribution < 1.29 is 37.1 Å². The Morgan fingerprint density at radius 1 is 0.786 bits per heavy atom. The molecule has 0 aliphatic rings. The van der Waals surface area contributed by atoms with Gasteiger partial charge >= 0.3 is 27.3 Å². The third-order valence-corrected chi connectivity index (χ3v) is 4.51. The van der Waals surface area contributed by atoms with Gasteiger partial charge in [-0.05, 0) is 57.3 Å². The number of azide groups is 2. The number of allylic oxidation sites excluding steroid dienone is 2. The Morgan fingerprint density at radius 3 is 1.43 bits per heavy atom. The summed E-state index contributed by atoms with van der Waals surface area (Å²) >= 11 is 0. The van der Waals surface area contributed by atoms with Crippen molar-refractivity contribution in [3.05, 3.63) is 124 Å². The second-order valence-corrected chi connectivity index (χ2v) is 8.27. The minimum Gasteiger partial charge on any atom is -0.673 e. The van der Waals surface area contributed by atoms with Crippen LogP contribution < -0.4 is 0 Å². The van der Waals surface area contributed by atoms with Crippen LogP contribution in [0.3, 0.4) is 0 Å². The summed E-state index contributed by atoms with van der Waals surface area (Å²) in [7, 11) is 0. The summed E-state index contributed by atoms with van der Waals surface area (Å²) in [5, 5.41) is 27.7. The van der Waals surface area contributed by atoms with Crippen LogP contribution in [0.15, 0.2) is 80.9 Å². The van der Waals surface area contributed by atoms with Crippen LogP contribution in [0.2, 0.25) is 0 Å². The smallest absolute Gasteiger partial charge is 0.673 e. The van der Waals surface area contributed by atoms with E-state index in [1.54, 1.807) is 73.1 Å². The van der Waals surface area contributed by atoms with Crippen LogP contribution in [0, 0.1) is 25.6 Å². The van der Waals surface area contributed by atoms with Crippen molar-refractivity contribution in [3.8, 4) is 0 Å². The summed E-state index contributed by atoms with van der Waals surface area (Å²) in [6.07, 6.45) is 9.91. The van der Waals surface area contributed by atoms with Crippen LogP contribution in [0.25, 0.3) is 44.5 Å². The maximum atomic E-state index is 11.0. The first-order valence-electron chi connectivity index (χ1n) is 11.7. The van der Waals surface area contributed by atoms with E-state index in [1.807, 2.05) is 13.8 Å². The number of aliphatic imine (C=N–C) groups is 2. The van der Waals surface area contributed by atoms with Gasteiger partial charge in [-0.1, -0.05) is 51.5 Å². The van der Waals surface area contributed by atoms with Crippen LogP contribution in [0.1, 0.15) is 25.0 Å². The fourth-order valence-corrected chi connectivity index (χ4v) is 2.72. The zero-order chi connectivity index (χ0) is 30.9. The Morgan fingerprint density at radius 2 is 1.14 bits per heavy atom. The fraction of sp³-hybridized carbons (Fsp3) is 0.280. The molecule has 0 bridgehead atoms.